The Kier molecular flexibility index (Phi) is 8.12. The fourth-order valence-corrected chi connectivity index (χ4v) is 2.93. The van der Waals surface area contributed by atoms with E-state index in [4.69, 9.17) is 4.74 Å². The van der Waals surface area contributed by atoms with E-state index in [1.807, 2.05) is 17.5 Å². The maximum Gasteiger partial charge on any atom is 0.310 e. The van der Waals surface area contributed by atoms with Crippen molar-refractivity contribution in [2.75, 3.05) is 39.8 Å². The molecule has 1 atom stereocenters. The molecule has 0 aliphatic carbocycles. The smallest absolute Gasteiger partial charge is 0.310 e. The van der Waals surface area contributed by atoms with Crippen LogP contribution in [0.1, 0.15) is 30.4 Å². The summed E-state index contributed by atoms with van der Waals surface area (Å²) in [4.78, 5) is 29.0. The maximum absolute atomic E-state index is 12.6. The van der Waals surface area contributed by atoms with Crippen LogP contribution in [-0.4, -0.2) is 61.5 Å². The van der Waals surface area contributed by atoms with Crippen molar-refractivity contribution in [3.8, 4) is 0 Å². The van der Waals surface area contributed by atoms with E-state index in [1.165, 1.54) is 18.4 Å². The molecule has 1 aromatic heterocycles. The van der Waals surface area contributed by atoms with Crippen LogP contribution in [0, 0.1) is 5.92 Å². The molecule has 0 bridgehead atoms. The molecule has 0 aliphatic rings. The topological polar surface area (TPSA) is 49.9 Å². The summed E-state index contributed by atoms with van der Waals surface area (Å²) in [5.41, 5.74) is 0. The number of hydrogen-bond acceptors (Lipinski definition) is 5. The second-order valence-corrected chi connectivity index (χ2v) is 6.13. The zero-order chi connectivity index (χ0) is 16.5. The first-order valence-corrected chi connectivity index (χ1v) is 8.54. The number of rotatable bonds is 9. The summed E-state index contributed by atoms with van der Waals surface area (Å²) < 4.78 is 4.77. The molecule has 0 spiro atoms. The number of ether oxygens (including phenoxy) is 1. The van der Waals surface area contributed by atoms with Gasteiger partial charge >= 0.3 is 5.97 Å². The van der Waals surface area contributed by atoms with Gasteiger partial charge in [-0.25, -0.2) is 0 Å². The van der Waals surface area contributed by atoms with Crippen LogP contribution in [0.5, 0.6) is 0 Å². The van der Waals surface area contributed by atoms with Crippen molar-refractivity contribution >= 4 is 23.2 Å². The van der Waals surface area contributed by atoms with Crippen LogP contribution in [0.15, 0.2) is 17.5 Å². The van der Waals surface area contributed by atoms with Crippen molar-refractivity contribution in [2.45, 2.75) is 20.8 Å². The Hall–Kier alpha value is -1.40. The molecule has 0 radical (unpaired) electrons. The zero-order valence-corrected chi connectivity index (χ0v) is 14.7. The van der Waals surface area contributed by atoms with Crippen molar-refractivity contribution in [1.29, 1.82) is 0 Å². The summed E-state index contributed by atoms with van der Waals surface area (Å²) in [6.45, 7) is 9.69. The highest BCUT2D eigenvalue weighted by Gasteiger charge is 2.23. The number of carbonyl (C=O) groups excluding carboxylic acids is 2. The van der Waals surface area contributed by atoms with Crippen molar-refractivity contribution in [3.05, 3.63) is 22.4 Å². The summed E-state index contributed by atoms with van der Waals surface area (Å²) in [7, 11) is 1.38. The van der Waals surface area contributed by atoms with E-state index < -0.39 is 0 Å². The normalized spacial score (nSPS) is 12.2. The monoisotopic (exact) mass is 326 g/mol. The number of carbonyl (C=O) groups is 2. The summed E-state index contributed by atoms with van der Waals surface area (Å²) in [5, 5.41) is 1.89. The molecule has 0 saturated heterocycles. The molecule has 1 aromatic rings. The molecule has 6 heteroatoms. The molecule has 1 heterocycles. The van der Waals surface area contributed by atoms with Crippen LogP contribution in [0.3, 0.4) is 0 Å². The van der Waals surface area contributed by atoms with Gasteiger partial charge in [-0.05, 0) is 24.5 Å². The van der Waals surface area contributed by atoms with Gasteiger partial charge in [-0.3, -0.25) is 9.59 Å². The lowest BCUT2D eigenvalue weighted by molar-refractivity contribution is -0.145. The van der Waals surface area contributed by atoms with Crippen molar-refractivity contribution in [2.24, 2.45) is 5.92 Å². The van der Waals surface area contributed by atoms with Crippen LogP contribution in [0.25, 0.3) is 0 Å². The minimum atomic E-state index is -0.328. The quantitative estimate of drug-likeness (QED) is 0.654. The molecular formula is C16H26N2O3S. The first-order valence-electron chi connectivity index (χ1n) is 7.66. The van der Waals surface area contributed by atoms with E-state index >= 15 is 0 Å². The standard InChI is InChI=1S/C16H26N2O3S/c1-5-17(6-2)9-10-18(12-13(3)16(20)21-4)15(19)14-8-7-11-22-14/h7-8,11,13H,5-6,9-10,12H2,1-4H3. The third-order valence-electron chi connectivity index (χ3n) is 3.70. The molecule has 0 saturated carbocycles. The first-order chi connectivity index (χ1) is 10.5. The number of likely N-dealkylation sites (N-methyl/N-ethyl adjacent to an activating group) is 1. The molecule has 0 aliphatic heterocycles. The third kappa shape index (κ3) is 5.42. The summed E-state index contributed by atoms with van der Waals surface area (Å²) in [6.07, 6.45) is 0. The number of hydrogen-bond donors (Lipinski definition) is 0. The Labute approximate surface area is 136 Å². The Balaban J connectivity index is 2.76. The van der Waals surface area contributed by atoms with Gasteiger partial charge in [0.25, 0.3) is 5.91 Å². The van der Waals surface area contributed by atoms with E-state index in [0.29, 0.717) is 18.0 Å². The van der Waals surface area contributed by atoms with Gasteiger partial charge in [0.05, 0.1) is 17.9 Å². The Bertz CT molecular complexity index is 458. The molecule has 1 amide bonds. The number of amides is 1. The van der Waals surface area contributed by atoms with Crippen molar-refractivity contribution in [1.82, 2.24) is 9.80 Å². The van der Waals surface area contributed by atoms with E-state index in [2.05, 4.69) is 18.7 Å². The van der Waals surface area contributed by atoms with E-state index in [1.54, 1.807) is 11.8 Å². The minimum Gasteiger partial charge on any atom is -0.469 e. The summed E-state index contributed by atoms with van der Waals surface area (Å²) in [6, 6.07) is 3.68. The van der Waals surface area contributed by atoms with Crippen molar-refractivity contribution in [3.63, 3.8) is 0 Å². The zero-order valence-electron chi connectivity index (χ0n) is 13.9. The van der Waals surface area contributed by atoms with Gasteiger partial charge in [0.15, 0.2) is 0 Å². The number of thiophene rings is 1. The highest BCUT2D eigenvalue weighted by Crippen LogP contribution is 2.14. The average Bonchev–Trinajstić information content (AvgIpc) is 3.07. The second kappa shape index (κ2) is 9.58. The second-order valence-electron chi connectivity index (χ2n) is 5.18. The van der Waals surface area contributed by atoms with Gasteiger partial charge < -0.3 is 14.5 Å². The third-order valence-corrected chi connectivity index (χ3v) is 4.56. The van der Waals surface area contributed by atoms with Gasteiger partial charge in [0.1, 0.15) is 0 Å². The molecule has 22 heavy (non-hydrogen) atoms. The molecule has 1 unspecified atom stereocenters. The molecule has 1 rings (SSSR count). The lowest BCUT2D eigenvalue weighted by atomic mass is 10.1. The SMILES string of the molecule is CCN(CC)CCN(CC(C)C(=O)OC)C(=O)c1cccs1. The van der Waals surface area contributed by atoms with Crippen LogP contribution < -0.4 is 0 Å². The average molecular weight is 326 g/mol. The van der Waals surface area contributed by atoms with E-state index in [0.717, 1.165) is 19.6 Å². The van der Waals surface area contributed by atoms with Gasteiger partial charge in [-0.2, -0.15) is 0 Å². The highest BCUT2D eigenvalue weighted by atomic mass is 32.1. The lowest BCUT2D eigenvalue weighted by Crippen LogP contribution is -2.42. The Morgan fingerprint density at radius 3 is 2.45 bits per heavy atom. The lowest BCUT2D eigenvalue weighted by Gasteiger charge is -2.27. The summed E-state index contributed by atoms with van der Waals surface area (Å²) >= 11 is 1.43. The van der Waals surface area contributed by atoms with Crippen LogP contribution in [0.4, 0.5) is 0 Å². The Morgan fingerprint density at radius 2 is 1.95 bits per heavy atom. The molecule has 0 fully saturated rings. The van der Waals surface area contributed by atoms with Crippen LogP contribution in [0.2, 0.25) is 0 Å². The predicted octanol–water partition coefficient (Wildman–Crippen LogP) is 2.34. The fourth-order valence-electron chi connectivity index (χ4n) is 2.24. The summed E-state index contributed by atoms with van der Waals surface area (Å²) in [5.74, 6) is -0.629. The molecule has 124 valence electrons. The maximum atomic E-state index is 12.6. The first kappa shape index (κ1) is 18.6. The largest absolute Gasteiger partial charge is 0.469 e. The molecule has 0 aromatic carbocycles. The molecule has 0 N–H and O–H groups in total. The van der Waals surface area contributed by atoms with Crippen molar-refractivity contribution < 1.29 is 14.3 Å². The van der Waals surface area contributed by atoms with E-state index in [-0.39, 0.29) is 17.8 Å². The fraction of sp³-hybridized carbons (Fsp3) is 0.625. The predicted molar refractivity (Wildman–Crippen MR) is 89.2 cm³/mol. The van der Waals surface area contributed by atoms with Crippen LogP contribution in [-0.2, 0) is 9.53 Å². The number of esters is 1. The van der Waals surface area contributed by atoms with Gasteiger partial charge in [-0.1, -0.05) is 26.8 Å². The molecular weight excluding hydrogens is 300 g/mol. The minimum absolute atomic E-state index is 0.0158. The van der Waals surface area contributed by atoms with Gasteiger partial charge in [0, 0.05) is 19.6 Å². The Morgan fingerprint density at radius 1 is 1.27 bits per heavy atom. The van der Waals surface area contributed by atoms with Gasteiger partial charge in [-0.15, -0.1) is 11.3 Å². The number of nitrogens with zero attached hydrogens (tertiary/aromatic N) is 2. The molecule has 5 nitrogen and oxygen atoms in total. The van der Waals surface area contributed by atoms with Gasteiger partial charge in [0.2, 0.25) is 0 Å². The van der Waals surface area contributed by atoms with E-state index in [9.17, 15) is 9.59 Å². The number of methoxy groups -OCH3 is 1. The van der Waals surface area contributed by atoms with Crippen LogP contribution >= 0.6 is 11.3 Å². The highest BCUT2D eigenvalue weighted by molar-refractivity contribution is 7.12.